The third-order valence-corrected chi connectivity index (χ3v) is 4.05. The van der Waals surface area contributed by atoms with Crippen LogP contribution < -0.4 is 9.47 Å². The Bertz CT molecular complexity index is 425. The minimum absolute atomic E-state index is 0.673. The van der Waals surface area contributed by atoms with Gasteiger partial charge < -0.3 is 19.5 Å². The normalized spacial score (nSPS) is 19.2. The zero-order chi connectivity index (χ0) is 13.9. The molecular formula is C15H23NO3. The topological polar surface area (TPSA) is 41.9 Å². The lowest BCUT2D eigenvalue weighted by Gasteiger charge is -2.38. The zero-order valence-electron chi connectivity index (χ0n) is 12.0. The number of hydrogen-bond donors (Lipinski definition) is 1. The zero-order valence-corrected chi connectivity index (χ0v) is 12.0. The largest absolute Gasteiger partial charge is 0.493 e. The molecule has 1 saturated heterocycles. The predicted octanol–water partition coefficient (Wildman–Crippen LogP) is 2.01. The van der Waals surface area contributed by atoms with Crippen LogP contribution in [0.25, 0.3) is 0 Å². The van der Waals surface area contributed by atoms with E-state index in [0.717, 1.165) is 38.0 Å². The molecule has 0 spiro atoms. The Kier molecular flexibility index (Phi) is 4.32. The van der Waals surface area contributed by atoms with E-state index in [1.807, 2.05) is 18.2 Å². The maximum absolute atomic E-state index is 10.8. The van der Waals surface area contributed by atoms with Crippen molar-refractivity contribution in [2.75, 3.05) is 33.9 Å². The molecule has 0 bridgehead atoms. The van der Waals surface area contributed by atoms with E-state index in [9.17, 15) is 5.11 Å². The Morgan fingerprint density at radius 1 is 1.16 bits per heavy atom. The van der Waals surface area contributed by atoms with Crippen molar-refractivity contribution in [2.45, 2.75) is 25.4 Å². The van der Waals surface area contributed by atoms with Crippen LogP contribution in [0.4, 0.5) is 0 Å². The molecule has 0 aliphatic carbocycles. The van der Waals surface area contributed by atoms with E-state index < -0.39 is 5.60 Å². The summed E-state index contributed by atoms with van der Waals surface area (Å²) in [6.07, 6.45) is 1.52. The van der Waals surface area contributed by atoms with E-state index in [1.165, 1.54) is 0 Å². The molecule has 4 heteroatoms. The molecule has 19 heavy (non-hydrogen) atoms. The standard InChI is InChI=1S/C15H23NO3/c1-4-16-9-7-15(17,8-10-16)12-5-6-13(18-2)14(11-12)19-3/h5-6,11,17H,4,7-10H2,1-3H3. The maximum Gasteiger partial charge on any atom is 0.161 e. The average Bonchev–Trinajstić information content (AvgIpc) is 2.47. The minimum Gasteiger partial charge on any atom is -0.493 e. The predicted molar refractivity (Wildman–Crippen MR) is 74.8 cm³/mol. The van der Waals surface area contributed by atoms with E-state index in [2.05, 4.69) is 11.8 Å². The maximum atomic E-state index is 10.8. The fourth-order valence-corrected chi connectivity index (χ4v) is 2.65. The quantitative estimate of drug-likeness (QED) is 0.904. The van der Waals surface area contributed by atoms with Gasteiger partial charge in [0.1, 0.15) is 0 Å². The summed E-state index contributed by atoms with van der Waals surface area (Å²) in [6.45, 7) is 5.06. The molecule has 0 aromatic heterocycles. The van der Waals surface area contributed by atoms with Crippen LogP contribution in [-0.4, -0.2) is 43.9 Å². The third-order valence-electron chi connectivity index (χ3n) is 4.05. The third kappa shape index (κ3) is 2.85. The molecule has 1 fully saturated rings. The van der Waals surface area contributed by atoms with Crippen LogP contribution in [-0.2, 0) is 5.60 Å². The molecule has 0 atom stereocenters. The molecule has 2 rings (SSSR count). The first-order valence-electron chi connectivity index (χ1n) is 6.80. The van der Waals surface area contributed by atoms with Crippen LogP contribution in [0.1, 0.15) is 25.3 Å². The van der Waals surface area contributed by atoms with Gasteiger partial charge in [-0.3, -0.25) is 0 Å². The molecule has 1 aromatic carbocycles. The average molecular weight is 265 g/mol. The lowest BCUT2D eigenvalue weighted by Crippen LogP contribution is -2.42. The van der Waals surface area contributed by atoms with Gasteiger partial charge in [-0.25, -0.2) is 0 Å². The summed E-state index contributed by atoms with van der Waals surface area (Å²) in [5, 5.41) is 10.8. The van der Waals surface area contributed by atoms with E-state index in [1.54, 1.807) is 14.2 Å². The Labute approximate surface area is 114 Å². The molecule has 0 radical (unpaired) electrons. The van der Waals surface area contributed by atoms with Gasteiger partial charge in [-0.15, -0.1) is 0 Å². The molecule has 0 unspecified atom stereocenters. The van der Waals surface area contributed by atoms with Crippen molar-refractivity contribution in [3.05, 3.63) is 23.8 Å². The van der Waals surface area contributed by atoms with Crippen molar-refractivity contribution in [3.8, 4) is 11.5 Å². The molecule has 4 nitrogen and oxygen atoms in total. The number of methoxy groups -OCH3 is 2. The van der Waals surface area contributed by atoms with E-state index in [4.69, 9.17) is 9.47 Å². The summed E-state index contributed by atoms with van der Waals surface area (Å²) >= 11 is 0. The SMILES string of the molecule is CCN1CCC(O)(c2ccc(OC)c(OC)c2)CC1. The molecule has 0 saturated carbocycles. The van der Waals surface area contributed by atoms with Crippen molar-refractivity contribution in [1.82, 2.24) is 4.90 Å². The number of nitrogens with zero attached hydrogens (tertiary/aromatic N) is 1. The van der Waals surface area contributed by atoms with E-state index in [-0.39, 0.29) is 0 Å². The summed E-state index contributed by atoms with van der Waals surface area (Å²) in [4.78, 5) is 2.36. The van der Waals surface area contributed by atoms with Gasteiger partial charge in [0, 0.05) is 13.1 Å². The summed E-state index contributed by atoms with van der Waals surface area (Å²) in [5.74, 6) is 1.37. The molecule has 1 N–H and O–H groups in total. The van der Waals surface area contributed by atoms with Gasteiger partial charge >= 0.3 is 0 Å². The monoisotopic (exact) mass is 265 g/mol. The van der Waals surface area contributed by atoms with Crippen molar-refractivity contribution in [3.63, 3.8) is 0 Å². The number of rotatable bonds is 4. The van der Waals surface area contributed by atoms with Gasteiger partial charge in [0.2, 0.25) is 0 Å². The second-order valence-corrected chi connectivity index (χ2v) is 5.04. The molecule has 1 aliphatic heterocycles. The van der Waals surface area contributed by atoms with Crippen molar-refractivity contribution < 1.29 is 14.6 Å². The van der Waals surface area contributed by atoms with Crippen LogP contribution in [0.2, 0.25) is 0 Å². The number of hydrogen-bond acceptors (Lipinski definition) is 4. The molecule has 0 amide bonds. The number of piperidine rings is 1. The van der Waals surface area contributed by atoms with Crippen molar-refractivity contribution >= 4 is 0 Å². The Hall–Kier alpha value is -1.26. The van der Waals surface area contributed by atoms with Gasteiger partial charge in [0.15, 0.2) is 11.5 Å². The first-order chi connectivity index (χ1) is 9.12. The van der Waals surface area contributed by atoms with Gasteiger partial charge in [0.25, 0.3) is 0 Å². The molecule has 1 heterocycles. The van der Waals surface area contributed by atoms with E-state index >= 15 is 0 Å². The highest BCUT2D eigenvalue weighted by Gasteiger charge is 2.34. The number of aliphatic hydroxyl groups is 1. The first kappa shape index (κ1) is 14.2. The van der Waals surface area contributed by atoms with Crippen molar-refractivity contribution in [2.24, 2.45) is 0 Å². The summed E-state index contributed by atoms with van der Waals surface area (Å²) in [6, 6.07) is 5.68. The van der Waals surface area contributed by atoms with Crippen LogP contribution >= 0.6 is 0 Å². The summed E-state index contributed by atoms with van der Waals surface area (Å²) in [5.41, 5.74) is 0.173. The highest BCUT2D eigenvalue weighted by molar-refractivity contribution is 5.44. The number of likely N-dealkylation sites (tertiary alicyclic amines) is 1. The second-order valence-electron chi connectivity index (χ2n) is 5.04. The fourth-order valence-electron chi connectivity index (χ4n) is 2.65. The van der Waals surface area contributed by atoms with Gasteiger partial charge in [-0.1, -0.05) is 13.0 Å². The number of benzene rings is 1. The molecule has 1 aliphatic rings. The highest BCUT2D eigenvalue weighted by atomic mass is 16.5. The number of ether oxygens (including phenoxy) is 2. The fraction of sp³-hybridized carbons (Fsp3) is 0.600. The summed E-state index contributed by atoms with van der Waals surface area (Å²) < 4.78 is 10.5. The van der Waals surface area contributed by atoms with Crippen LogP contribution in [0, 0.1) is 0 Å². The lowest BCUT2D eigenvalue weighted by molar-refractivity contribution is -0.0248. The van der Waals surface area contributed by atoms with Gasteiger partial charge in [0.05, 0.1) is 19.8 Å². The summed E-state index contributed by atoms with van der Waals surface area (Å²) in [7, 11) is 3.23. The molecule has 1 aromatic rings. The smallest absolute Gasteiger partial charge is 0.161 e. The van der Waals surface area contributed by atoms with Crippen molar-refractivity contribution in [1.29, 1.82) is 0 Å². The Morgan fingerprint density at radius 3 is 2.32 bits per heavy atom. The molecular weight excluding hydrogens is 242 g/mol. The highest BCUT2D eigenvalue weighted by Crippen LogP contribution is 2.37. The Balaban J connectivity index is 2.21. The lowest BCUT2D eigenvalue weighted by atomic mass is 9.84. The molecule has 106 valence electrons. The van der Waals surface area contributed by atoms with Gasteiger partial charge in [-0.2, -0.15) is 0 Å². The first-order valence-corrected chi connectivity index (χ1v) is 6.80. The minimum atomic E-state index is -0.745. The van der Waals surface area contributed by atoms with Crippen LogP contribution in [0.5, 0.6) is 11.5 Å². The Morgan fingerprint density at radius 2 is 1.79 bits per heavy atom. The van der Waals surface area contributed by atoms with Crippen LogP contribution in [0.3, 0.4) is 0 Å². The second kappa shape index (κ2) is 5.80. The van der Waals surface area contributed by atoms with Gasteiger partial charge in [-0.05, 0) is 37.1 Å². The van der Waals surface area contributed by atoms with E-state index in [0.29, 0.717) is 11.5 Å². The van der Waals surface area contributed by atoms with Crippen LogP contribution in [0.15, 0.2) is 18.2 Å².